The lowest BCUT2D eigenvalue weighted by molar-refractivity contribution is -0.118. The van der Waals surface area contributed by atoms with Gasteiger partial charge in [0.15, 0.2) is 0 Å². The Hall–Kier alpha value is -1.13. The first-order valence-corrected chi connectivity index (χ1v) is 5.32. The van der Waals surface area contributed by atoms with Crippen LogP contribution in [-0.2, 0) is 11.3 Å². The molecule has 3 N–H and O–H groups in total. The van der Waals surface area contributed by atoms with Crippen LogP contribution in [0, 0.1) is 5.82 Å². The maximum Gasteiger partial charge on any atom is 0.218 e. The lowest BCUT2D eigenvalue weighted by Crippen LogP contribution is -2.30. The Bertz CT molecular complexity index is 384. The van der Waals surface area contributed by atoms with Crippen LogP contribution in [0.3, 0.4) is 0 Å². The summed E-state index contributed by atoms with van der Waals surface area (Å²) in [6.45, 7) is 2.33. The van der Waals surface area contributed by atoms with Gasteiger partial charge in [-0.3, -0.25) is 4.79 Å². The van der Waals surface area contributed by atoms with Gasteiger partial charge in [-0.2, -0.15) is 0 Å². The number of nitrogens with one attached hydrogen (secondary N) is 1. The molecule has 0 saturated carbocycles. The van der Waals surface area contributed by atoms with E-state index in [0.29, 0.717) is 11.6 Å². The maximum absolute atomic E-state index is 12.8. The Balaban J connectivity index is 2.51. The number of rotatable bonds is 5. The van der Waals surface area contributed by atoms with Gasteiger partial charge in [-0.25, -0.2) is 4.39 Å². The number of carbonyl (C=O) groups is 1. The number of hydrogen-bond acceptors (Lipinski definition) is 2. The minimum Gasteiger partial charge on any atom is -0.370 e. The largest absolute Gasteiger partial charge is 0.370 e. The molecule has 0 saturated heterocycles. The summed E-state index contributed by atoms with van der Waals surface area (Å²) in [5, 5.41) is 3.46. The summed E-state index contributed by atoms with van der Waals surface area (Å²) in [4.78, 5) is 10.6. The summed E-state index contributed by atoms with van der Waals surface area (Å²) < 4.78 is 12.8. The van der Waals surface area contributed by atoms with Gasteiger partial charge in [0.2, 0.25) is 5.91 Å². The first-order chi connectivity index (χ1) is 7.49. The van der Waals surface area contributed by atoms with Crippen molar-refractivity contribution >= 4 is 17.5 Å². The van der Waals surface area contributed by atoms with E-state index in [1.807, 2.05) is 6.92 Å². The van der Waals surface area contributed by atoms with Gasteiger partial charge in [-0.1, -0.05) is 17.7 Å². The molecule has 1 aromatic rings. The molecule has 1 rings (SSSR count). The molecule has 5 heteroatoms. The van der Waals surface area contributed by atoms with E-state index in [1.165, 1.54) is 12.1 Å². The quantitative estimate of drug-likeness (QED) is 0.830. The third-order valence-corrected chi connectivity index (χ3v) is 2.52. The zero-order valence-corrected chi connectivity index (χ0v) is 9.72. The molecule has 0 radical (unpaired) electrons. The highest BCUT2D eigenvalue weighted by atomic mass is 35.5. The van der Waals surface area contributed by atoms with Crippen molar-refractivity contribution in [3.63, 3.8) is 0 Å². The highest BCUT2D eigenvalue weighted by Gasteiger charge is 2.07. The summed E-state index contributed by atoms with van der Waals surface area (Å²) in [6, 6.07) is 4.19. The van der Waals surface area contributed by atoms with Crippen LogP contribution < -0.4 is 11.1 Å². The maximum atomic E-state index is 12.8. The van der Waals surface area contributed by atoms with Crippen LogP contribution in [0.2, 0.25) is 5.02 Å². The van der Waals surface area contributed by atoms with Crippen LogP contribution in [0.5, 0.6) is 0 Å². The smallest absolute Gasteiger partial charge is 0.218 e. The molecule has 16 heavy (non-hydrogen) atoms. The first-order valence-electron chi connectivity index (χ1n) is 4.94. The van der Waals surface area contributed by atoms with Gasteiger partial charge in [-0.05, 0) is 24.6 Å². The van der Waals surface area contributed by atoms with Gasteiger partial charge in [0.05, 0.1) is 0 Å². The van der Waals surface area contributed by atoms with Gasteiger partial charge < -0.3 is 11.1 Å². The Morgan fingerprint density at radius 3 is 2.88 bits per heavy atom. The van der Waals surface area contributed by atoms with Gasteiger partial charge in [0, 0.05) is 24.0 Å². The molecule has 0 heterocycles. The van der Waals surface area contributed by atoms with Crippen LogP contribution in [0.15, 0.2) is 18.2 Å². The molecule has 0 aliphatic rings. The summed E-state index contributed by atoms with van der Waals surface area (Å²) in [6.07, 6.45) is 0.263. The second-order valence-electron chi connectivity index (χ2n) is 3.69. The van der Waals surface area contributed by atoms with Gasteiger partial charge >= 0.3 is 0 Å². The van der Waals surface area contributed by atoms with Gasteiger partial charge in [0.25, 0.3) is 0 Å². The third-order valence-electron chi connectivity index (χ3n) is 2.16. The molecule has 1 amide bonds. The average molecular weight is 245 g/mol. The molecule has 1 atom stereocenters. The molecule has 88 valence electrons. The normalized spacial score (nSPS) is 12.4. The van der Waals surface area contributed by atoms with E-state index >= 15 is 0 Å². The molecular formula is C11H14ClFN2O. The predicted molar refractivity (Wildman–Crippen MR) is 61.5 cm³/mol. The highest BCUT2D eigenvalue weighted by molar-refractivity contribution is 6.31. The van der Waals surface area contributed by atoms with Crippen LogP contribution >= 0.6 is 11.6 Å². The number of nitrogens with two attached hydrogens (primary N) is 1. The zero-order valence-electron chi connectivity index (χ0n) is 8.97. The van der Waals surface area contributed by atoms with Gasteiger partial charge in [-0.15, -0.1) is 0 Å². The summed E-state index contributed by atoms with van der Waals surface area (Å²) >= 11 is 5.85. The molecule has 0 bridgehead atoms. The van der Waals surface area contributed by atoms with E-state index in [4.69, 9.17) is 17.3 Å². The first kappa shape index (κ1) is 12.9. The van der Waals surface area contributed by atoms with Crippen LogP contribution in [0.4, 0.5) is 4.39 Å². The topological polar surface area (TPSA) is 55.1 Å². The molecule has 1 unspecified atom stereocenters. The standard InChI is InChI=1S/C11H14ClFN2O/c1-7(4-11(14)16)15-6-8-2-3-9(13)5-10(8)12/h2-3,5,7,15H,4,6H2,1H3,(H2,14,16). The van der Waals surface area contributed by atoms with E-state index in [9.17, 15) is 9.18 Å². The van der Waals surface area contributed by atoms with E-state index < -0.39 is 0 Å². The van der Waals surface area contributed by atoms with Crippen molar-refractivity contribution in [3.05, 3.63) is 34.6 Å². The molecular weight excluding hydrogens is 231 g/mol. The molecule has 3 nitrogen and oxygen atoms in total. The van der Waals surface area contributed by atoms with Crippen LogP contribution in [-0.4, -0.2) is 11.9 Å². The average Bonchev–Trinajstić information content (AvgIpc) is 2.15. The van der Waals surface area contributed by atoms with Crippen molar-refractivity contribution in [3.8, 4) is 0 Å². The zero-order chi connectivity index (χ0) is 12.1. The number of hydrogen-bond donors (Lipinski definition) is 2. The lowest BCUT2D eigenvalue weighted by atomic mass is 10.2. The fraction of sp³-hybridized carbons (Fsp3) is 0.364. The molecule has 0 spiro atoms. The molecule has 0 aromatic heterocycles. The molecule has 1 aromatic carbocycles. The van der Waals surface area contributed by atoms with Crippen molar-refractivity contribution in [2.24, 2.45) is 5.73 Å². The molecule has 0 aliphatic heterocycles. The van der Waals surface area contributed by atoms with Gasteiger partial charge in [0.1, 0.15) is 5.82 Å². The van der Waals surface area contributed by atoms with Crippen molar-refractivity contribution < 1.29 is 9.18 Å². The number of amides is 1. The molecule has 0 aliphatic carbocycles. The van der Waals surface area contributed by atoms with E-state index in [1.54, 1.807) is 6.07 Å². The number of halogens is 2. The van der Waals surface area contributed by atoms with Crippen molar-refractivity contribution in [1.29, 1.82) is 0 Å². The third kappa shape index (κ3) is 4.16. The monoisotopic (exact) mass is 244 g/mol. The van der Waals surface area contributed by atoms with E-state index in [2.05, 4.69) is 5.32 Å². The second-order valence-corrected chi connectivity index (χ2v) is 4.10. The minimum absolute atomic E-state index is 0.0291. The SMILES string of the molecule is CC(CC(N)=O)NCc1ccc(F)cc1Cl. The number of benzene rings is 1. The Morgan fingerprint density at radius 1 is 1.62 bits per heavy atom. The summed E-state index contributed by atoms with van der Waals surface area (Å²) in [5.74, 6) is -0.718. The fourth-order valence-corrected chi connectivity index (χ4v) is 1.56. The van der Waals surface area contributed by atoms with Crippen LogP contribution in [0.25, 0.3) is 0 Å². The second kappa shape index (κ2) is 5.82. The van der Waals surface area contributed by atoms with Crippen molar-refractivity contribution in [1.82, 2.24) is 5.32 Å². The number of carbonyl (C=O) groups excluding carboxylic acids is 1. The summed E-state index contributed by atoms with van der Waals surface area (Å²) in [5.41, 5.74) is 5.85. The minimum atomic E-state index is -0.362. The van der Waals surface area contributed by atoms with E-state index in [0.717, 1.165) is 5.56 Å². The molecule has 0 fully saturated rings. The predicted octanol–water partition coefficient (Wildman–Crippen LogP) is 1.83. The Kier molecular flexibility index (Phi) is 4.71. The Labute approximate surface area is 98.8 Å². The van der Waals surface area contributed by atoms with Crippen molar-refractivity contribution in [2.75, 3.05) is 0 Å². The van der Waals surface area contributed by atoms with Crippen LogP contribution in [0.1, 0.15) is 18.9 Å². The lowest BCUT2D eigenvalue weighted by Gasteiger charge is -2.12. The fourth-order valence-electron chi connectivity index (χ4n) is 1.32. The summed E-state index contributed by atoms with van der Waals surface area (Å²) in [7, 11) is 0. The highest BCUT2D eigenvalue weighted by Crippen LogP contribution is 2.17. The Morgan fingerprint density at radius 2 is 2.31 bits per heavy atom. The number of primary amides is 1. The van der Waals surface area contributed by atoms with E-state index in [-0.39, 0.29) is 24.2 Å². The van der Waals surface area contributed by atoms with Crippen molar-refractivity contribution in [2.45, 2.75) is 25.9 Å².